The lowest BCUT2D eigenvalue weighted by molar-refractivity contribution is 0.193. The van der Waals surface area contributed by atoms with Crippen LogP contribution >= 0.6 is 0 Å². The van der Waals surface area contributed by atoms with Crippen LogP contribution in [0.5, 0.6) is 0 Å². The summed E-state index contributed by atoms with van der Waals surface area (Å²) in [5, 5.41) is 0. The molecule has 0 aromatic heterocycles. The van der Waals surface area contributed by atoms with Crippen molar-refractivity contribution in [3.63, 3.8) is 0 Å². The van der Waals surface area contributed by atoms with Gasteiger partial charge in [-0.15, -0.1) is 0 Å². The minimum absolute atomic E-state index is 0.0380. The maximum absolute atomic E-state index is 2.92. The van der Waals surface area contributed by atoms with Crippen LogP contribution in [0, 0.1) is 13.8 Å². The van der Waals surface area contributed by atoms with Crippen molar-refractivity contribution < 1.29 is 0 Å². The number of hydrogen-bond donors (Lipinski definition) is 0. The smallest absolute Gasteiger partial charge is 0.252 e. The first kappa shape index (κ1) is 38.5. The van der Waals surface area contributed by atoms with E-state index in [1.165, 1.54) is 141 Å². The van der Waals surface area contributed by atoms with Crippen molar-refractivity contribution in [2.45, 2.75) is 115 Å². The Kier molecular flexibility index (Phi) is 7.98. The van der Waals surface area contributed by atoms with Crippen molar-refractivity contribution >= 4 is 62.9 Å². The average Bonchev–Trinajstić information content (AvgIpc) is 3.66. The molecule has 0 N–H and O–H groups in total. The van der Waals surface area contributed by atoms with Crippen LogP contribution in [0.15, 0.2) is 146 Å². The number of hydrogen-bond acceptors (Lipinski definition) is 3. The quantitative estimate of drug-likeness (QED) is 0.164. The molecule has 13 rings (SSSR count). The van der Waals surface area contributed by atoms with Gasteiger partial charge < -0.3 is 14.7 Å². The number of para-hydroxylation sites is 1. The predicted octanol–water partition coefficient (Wildman–Crippen LogP) is 13.7. The van der Waals surface area contributed by atoms with E-state index in [4.69, 9.17) is 0 Å². The zero-order valence-electron chi connectivity index (χ0n) is 38.4. The molecule has 3 nitrogen and oxygen atoms in total. The molecule has 0 amide bonds. The molecule has 4 heterocycles. The molecule has 4 aliphatic heterocycles. The van der Waals surface area contributed by atoms with Gasteiger partial charge in [-0.1, -0.05) is 149 Å². The Hall–Kier alpha value is -6.00. The molecule has 316 valence electrons. The molecule has 2 fully saturated rings. The van der Waals surface area contributed by atoms with Gasteiger partial charge in [-0.2, -0.15) is 0 Å². The van der Waals surface area contributed by atoms with Gasteiger partial charge >= 0.3 is 0 Å². The van der Waals surface area contributed by atoms with Crippen LogP contribution in [0.2, 0.25) is 0 Å². The highest BCUT2D eigenvalue weighted by Crippen LogP contribution is 2.65. The summed E-state index contributed by atoms with van der Waals surface area (Å²) in [4.78, 5) is 8.45. The van der Waals surface area contributed by atoms with Crippen LogP contribution < -0.4 is 31.1 Å². The Morgan fingerprint density at radius 2 is 1.08 bits per heavy atom. The standard InChI is InChI=1S/C60H58BN3/c1-39-33-40(2)54-51(34-39)63(60(6)32-16-14-30-58(54,60)4)46-37-52-55-53(38-46)64-56-47(57(3)29-13-15-31-59(57,64)5)25-18-26-49(56)61(55)48-28-27-44(42-21-11-8-12-22-42)36-50(48)62(52)45-24-17-23-43(35-45)41-19-9-7-10-20-41/h7-12,17-28,33-38H,13-16,29-32H2,1-6H3. The fraction of sp³-hybridized carbons (Fsp3) is 0.300. The second kappa shape index (κ2) is 13.3. The zero-order valence-corrected chi connectivity index (χ0v) is 38.4. The Morgan fingerprint density at radius 3 is 1.81 bits per heavy atom. The van der Waals surface area contributed by atoms with Gasteiger partial charge in [0.05, 0.1) is 11.1 Å². The van der Waals surface area contributed by atoms with Crippen LogP contribution in [0.4, 0.5) is 39.8 Å². The van der Waals surface area contributed by atoms with Gasteiger partial charge in [0.25, 0.3) is 6.71 Å². The molecule has 2 aliphatic carbocycles. The van der Waals surface area contributed by atoms with Crippen molar-refractivity contribution in [2.75, 3.05) is 14.7 Å². The summed E-state index contributed by atoms with van der Waals surface area (Å²) in [5.74, 6) is 0. The molecule has 6 aliphatic rings. The van der Waals surface area contributed by atoms with Crippen LogP contribution in [0.3, 0.4) is 0 Å². The first-order valence-corrected chi connectivity index (χ1v) is 24.2. The number of benzene rings is 7. The van der Waals surface area contributed by atoms with Gasteiger partial charge in [-0.05, 0) is 151 Å². The van der Waals surface area contributed by atoms with E-state index in [2.05, 4.69) is 202 Å². The fourth-order valence-electron chi connectivity index (χ4n) is 14.7. The van der Waals surface area contributed by atoms with E-state index in [1.54, 1.807) is 11.1 Å². The third kappa shape index (κ3) is 4.85. The minimum atomic E-state index is -0.0798. The Labute approximate surface area is 380 Å². The summed E-state index contributed by atoms with van der Waals surface area (Å²) in [6.45, 7) is 15.2. The Bertz CT molecular complexity index is 3080. The molecule has 0 saturated heterocycles. The van der Waals surface area contributed by atoms with Crippen molar-refractivity contribution in [1.82, 2.24) is 0 Å². The minimum Gasteiger partial charge on any atom is -0.335 e. The van der Waals surface area contributed by atoms with E-state index in [0.717, 1.165) is 0 Å². The molecular weight excluding hydrogens is 773 g/mol. The molecule has 64 heavy (non-hydrogen) atoms. The third-order valence-corrected chi connectivity index (χ3v) is 18.0. The van der Waals surface area contributed by atoms with Gasteiger partial charge in [0.15, 0.2) is 0 Å². The van der Waals surface area contributed by atoms with Crippen molar-refractivity contribution in [1.29, 1.82) is 0 Å². The molecular formula is C60H58BN3. The van der Waals surface area contributed by atoms with Gasteiger partial charge in [-0.25, -0.2) is 0 Å². The van der Waals surface area contributed by atoms with E-state index >= 15 is 0 Å². The summed E-state index contributed by atoms with van der Waals surface area (Å²) in [7, 11) is 0. The second-order valence-corrected chi connectivity index (χ2v) is 21.2. The average molecular weight is 832 g/mol. The summed E-state index contributed by atoms with van der Waals surface area (Å²) < 4.78 is 0. The normalized spacial score (nSPS) is 25.6. The second-order valence-electron chi connectivity index (χ2n) is 21.2. The molecule has 0 bridgehead atoms. The first-order valence-electron chi connectivity index (χ1n) is 24.2. The highest BCUT2D eigenvalue weighted by Gasteiger charge is 2.62. The van der Waals surface area contributed by atoms with Crippen molar-refractivity contribution in [3.8, 4) is 22.3 Å². The topological polar surface area (TPSA) is 9.72 Å². The third-order valence-electron chi connectivity index (χ3n) is 18.0. The number of nitrogens with zero attached hydrogens (tertiary/aromatic N) is 3. The molecule has 7 aromatic carbocycles. The number of anilines is 7. The summed E-state index contributed by atoms with van der Waals surface area (Å²) in [5.41, 5.74) is 24.5. The number of aryl methyl sites for hydroxylation is 2. The van der Waals surface area contributed by atoms with Gasteiger partial charge in [0.1, 0.15) is 0 Å². The largest absolute Gasteiger partial charge is 0.335 e. The summed E-state index contributed by atoms with van der Waals surface area (Å²) >= 11 is 0. The number of fused-ring (bicyclic) bond motifs is 10. The van der Waals surface area contributed by atoms with E-state index in [0.29, 0.717) is 0 Å². The van der Waals surface area contributed by atoms with E-state index in [1.807, 2.05) is 0 Å². The summed E-state index contributed by atoms with van der Waals surface area (Å²) in [6, 6.07) is 56.3. The molecule has 2 saturated carbocycles. The lowest BCUT2D eigenvalue weighted by Crippen LogP contribution is -2.64. The maximum atomic E-state index is 2.92. The lowest BCUT2D eigenvalue weighted by atomic mass is 9.33. The van der Waals surface area contributed by atoms with Gasteiger partial charge in [0.2, 0.25) is 0 Å². The Morgan fingerprint density at radius 1 is 0.453 bits per heavy atom. The Balaban J connectivity index is 1.16. The van der Waals surface area contributed by atoms with Crippen LogP contribution in [-0.4, -0.2) is 17.8 Å². The zero-order chi connectivity index (χ0) is 43.3. The number of rotatable bonds is 4. The van der Waals surface area contributed by atoms with Gasteiger partial charge in [-0.3, -0.25) is 0 Å². The van der Waals surface area contributed by atoms with E-state index in [-0.39, 0.29) is 28.6 Å². The molecule has 4 heteroatoms. The van der Waals surface area contributed by atoms with Gasteiger partial charge in [0, 0.05) is 50.6 Å². The molecule has 7 aromatic rings. The lowest BCUT2D eigenvalue weighted by Gasteiger charge is -2.53. The summed E-state index contributed by atoms with van der Waals surface area (Å²) in [6.07, 6.45) is 9.85. The monoisotopic (exact) mass is 831 g/mol. The van der Waals surface area contributed by atoms with Crippen molar-refractivity contribution in [2.24, 2.45) is 0 Å². The van der Waals surface area contributed by atoms with Crippen LogP contribution in [0.25, 0.3) is 22.3 Å². The van der Waals surface area contributed by atoms with Crippen LogP contribution in [-0.2, 0) is 10.8 Å². The van der Waals surface area contributed by atoms with Crippen molar-refractivity contribution in [3.05, 3.63) is 168 Å². The first-order chi connectivity index (χ1) is 31.0. The van der Waals surface area contributed by atoms with Crippen LogP contribution in [0.1, 0.15) is 101 Å². The van der Waals surface area contributed by atoms with E-state index in [9.17, 15) is 0 Å². The molecule has 0 spiro atoms. The highest BCUT2D eigenvalue weighted by molar-refractivity contribution is 7.00. The maximum Gasteiger partial charge on any atom is 0.252 e. The molecule has 4 atom stereocenters. The SMILES string of the molecule is Cc1cc(C)c2c(c1)N(c1cc3c4c(c1)N1c5c(cccc5C5(C)CCCCC15C)B4c1ccc(-c4ccccc4)cc1N3c1cccc(-c3ccccc3)c1)C1(C)CCCCC21C. The molecule has 0 radical (unpaired) electrons. The molecule has 4 unspecified atom stereocenters. The van der Waals surface area contributed by atoms with E-state index < -0.39 is 0 Å². The fourth-order valence-corrected chi connectivity index (χ4v) is 14.7. The predicted molar refractivity (Wildman–Crippen MR) is 272 cm³/mol. The highest BCUT2D eigenvalue weighted by atomic mass is 15.3.